The number of aromatic nitrogens is 2. The van der Waals surface area contributed by atoms with Crippen LogP contribution in [0.2, 0.25) is 5.02 Å². The number of carboxylic acids is 1. The number of rotatable bonds is 3. The lowest BCUT2D eigenvalue weighted by Crippen LogP contribution is -2.02. The first-order valence-electron chi connectivity index (χ1n) is 5.47. The number of halogens is 1. The average molecular weight is 279 g/mol. The van der Waals surface area contributed by atoms with Crippen molar-refractivity contribution >= 4 is 17.6 Å². The second-order valence-electron chi connectivity index (χ2n) is 4.02. The minimum Gasteiger partial charge on any atom is -0.476 e. The molecule has 0 aliphatic carbocycles. The molecule has 98 valence electrons. The van der Waals surface area contributed by atoms with Crippen molar-refractivity contribution in [2.75, 3.05) is 0 Å². The maximum Gasteiger partial charge on any atom is 0.356 e. The zero-order valence-electron chi connectivity index (χ0n) is 10.3. The summed E-state index contributed by atoms with van der Waals surface area (Å²) in [7, 11) is 0. The topological polar surface area (TPSA) is 72.3 Å². The molecule has 0 radical (unpaired) electrons. The first-order valence-corrected chi connectivity index (χ1v) is 5.85. The maximum absolute atomic E-state index is 10.8. The monoisotopic (exact) mass is 278 g/mol. The quantitative estimate of drug-likeness (QED) is 0.933. The lowest BCUT2D eigenvalue weighted by atomic mass is 10.1. The van der Waals surface area contributed by atoms with Crippen molar-refractivity contribution in [1.82, 2.24) is 9.97 Å². The molecule has 19 heavy (non-hydrogen) atoms. The van der Waals surface area contributed by atoms with E-state index in [1.54, 1.807) is 12.1 Å². The number of benzene rings is 1. The van der Waals surface area contributed by atoms with Crippen molar-refractivity contribution in [3.8, 4) is 11.6 Å². The molecular weight excluding hydrogens is 268 g/mol. The summed E-state index contributed by atoms with van der Waals surface area (Å²) in [4.78, 5) is 18.4. The van der Waals surface area contributed by atoms with E-state index in [0.29, 0.717) is 10.8 Å². The number of hydrogen-bond acceptors (Lipinski definition) is 4. The number of ether oxygens (including phenoxy) is 1. The van der Waals surface area contributed by atoms with Crippen LogP contribution in [0.25, 0.3) is 0 Å². The highest BCUT2D eigenvalue weighted by atomic mass is 35.5. The second-order valence-corrected chi connectivity index (χ2v) is 4.40. The molecule has 1 heterocycles. The summed E-state index contributed by atoms with van der Waals surface area (Å²) in [5, 5.41) is 9.50. The fourth-order valence-electron chi connectivity index (χ4n) is 1.59. The van der Waals surface area contributed by atoms with Gasteiger partial charge in [0.25, 0.3) is 0 Å². The number of carboxylic acid groups (broad SMARTS) is 1. The van der Waals surface area contributed by atoms with Crippen molar-refractivity contribution < 1.29 is 14.6 Å². The van der Waals surface area contributed by atoms with Crippen LogP contribution in [-0.2, 0) is 0 Å². The van der Waals surface area contributed by atoms with Gasteiger partial charge < -0.3 is 9.84 Å². The van der Waals surface area contributed by atoms with E-state index in [2.05, 4.69) is 9.97 Å². The number of carbonyl (C=O) groups is 1. The van der Waals surface area contributed by atoms with E-state index in [-0.39, 0.29) is 11.6 Å². The zero-order chi connectivity index (χ0) is 14.0. The summed E-state index contributed by atoms with van der Waals surface area (Å²) >= 11 is 6.06. The Labute approximate surface area is 114 Å². The van der Waals surface area contributed by atoms with Crippen LogP contribution < -0.4 is 4.74 Å². The number of nitrogens with zero attached hydrogens (tertiary/aromatic N) is 2. The van der Waals surface area contributed by atoms with Crippen molar-refractivity contribution in [3.63, 3.8) is 0 Å². The zero-order valence-corrected chi connectivity index (χ0v) is 11.1. The van der Waals surface area contributed by atoms with Crippen molar-refractivity contribution in [2.24, 2.45) is 0 Å². The normalized spacial score (nSPS) is 10.3. The summed E-state index contributed by atoms with van der Waals surface area (Å²) in [6.45, 7) is 3.73. The van der Waals surface area contributed by atoms with Gasteiger partial charge in [-0.15, -0.1) is 0 Å². The first kappa shape index (κ1) is 13.3. The van der Waals surface area contributed by atoms with E-state index in [1.807, 2.05) is 13.8 Å². The molecule has 0 atom stereocenters. The third-order valence-corrected chi connectivity index (χ3v) is 3.06. The largest absolute Gasteiger partial charge is 0.476 e. The molecule has 0 saturated heterocycles. The van der Waals surface area contributed by atoms with E-state index in [9.17, 15) is 4.79 Å². The molecule has 0 bridgehead atoms. The lowest BCUT2D eigenvalue weighted by molar-refractivity contribution is 0.0689. The molecule has 0 aliphatic heterocycles. The van der Waals surface area contributed by atoms with Crippen LogP contribution in [0, 0.1) is 13.8 Å². The predicted molar refractivity (Wildman–Crippen MR) is 70.0 cm³/mol. The highest BCUT2D eigenvalue weighted by Crippen LogP contribution is 2.28. The molecule has 1 aromatic heterocycles. The number of hydrogen-bond donors (Lipinski definition) is 1. The van der Waals surface area contributed by atoms with E-state index in [0.717, 1.165) is 17.3 Å². The molecule has 2 aromatic rings. The Bertz CT molecular complexity index is 621. The Hall–Kier alpha value is -2.14. The van der Waals surface area contributed by atoms with Gasteiger partial charge in [-0.25, -0.2) is 9.78 Å². The third-order valence-electron chi connectivity index (χ3n) is 2.46. The summed E-state index contributed by atoms with van der Waals surface area (Å²) in [6, 6.07) is 3.51. The Morgan fingerprint density at radius 1 is 1.26 bits per heavy atom. The van der Waals surface area contributed by atoms with Gasteiger partial charge in [0.05, 0.1) is 12.4 Å². The smallest absolute Gasteiger partial charge is 0.356 e. The van der Waals surface area contributed by atoms with Crippen LogP contribution in [0.4, 0.5) is 0 Å². The summed E-state index contributed by atoms with van der Waals surface area (Å²) < 4.78 is 5.49. The van der Waals surface area contributed by atoms with E-state index >= 15 is 0 Å². The molecule has 2 rings (SSSR count). The number of aryl methyl sites for hydroxylation is 2. The summed E-state index contributed by atoms with van der Waals surface area (Å²) in [5.41, 5.74) is 1.58. The van der Waals surface area contributed by atoms with Gasteiger partial charge in [0.1, 0.15) is 5.75 Å². The SMILES string of the molecule is Cc1cc(Oc2cncc(C(=O)O)n2)cc(C)c1Cl. The molecule has 0 spiro atoms. The highest BCUT2D eigenvalue weighted by Gasteiger charge is 2.09. The van der Waals surface area contributed by atoms with E-state index < -0.39 is 5.97 Å². The maximum atomic E-state index is 10.8. The van der Waals surface area contributed by atoms with E-state index in [1.165, 1.54) is 6.20 Å². The van der Waals surface area contributed by atoms with Crippen molar-refractivity contribution in [1.29, 1.82) is 0 Å². The third kappa shape index (κ3) is 3.00. The van der Waals surface area contributed by atoms with Crippen LogP contribution in [0.15, 0.2) is 24.5 Å². The minimum atomic E-state index is -1.15. The minimum absolute atomic E-state index is 0.126. The molecule has 1 aromatic carbocycles. The van der Waals surface area contributed by atoms with Gasteiger partial charge in [0.2, 0.25) is 5.88 Å². The predicted octanol–water partition coefficient (Wildman–Crippen LogP) is 3.24. The highest BCUT2D eigenvalue weighted by molar-refractivity contribution is 6.32. The Morgan fingerprint density at radius 2 is 1.89 bits per heavy atom. The van der Waals surface area contributed by atoms with Crippen LogP contribution in [-0.4, -0.2) is 21.0 Å². The molecule has 5 nitrogen and oxygen atoms in total. The van der Waals surface area contributed by atoms with Gasteiger partial charge >= 0.3 is 5.97 Å². The summed E-state index contributed by atoms with van der Waals surface area (Å²) in [6.07, 6.45) is 2.51. The van der Waals surface area contributed by atoms with Crippen molar-refractivity contribution in [2.45, 2.75) is 13.8 Å². The molecule has 0 fully saturated rings. The first-order chi connectivity index (χ1) is 8.97. The fourth-order valence-corrected chi connectivity index (χ4v) is 1.70. The van der Waals surface area contributed by atoms with Crippen molar-refractivity contribution in [3.05, 3.63) is 46.4 Å². The van der Waals surface area contributed by atoms with Crippen LogP contribution >= 0.6 is 11.6 Å². The Kier molecular flexibility index (Phi) is 3.66. The molecule has 0 unspecified atom stereocenters. The van der Waals surface area contributed by atoms with Gasteiger partial charge in [-0.05, 0) is 37.1 Å². The molecule has 1 N–H and O–H groups in total. The molecular formula is C13H11ClN2O3. The molecule has 0 saturated carbocycles. The fraction of sp³-hybridized carbons (Fsp3) is 0.154. The standard InChI is InChI=1S/C13H11ClN2O3/c1-7-3-9(4-8(2)12(7)14)19-11-6-15-5-10(16-11)13(17)18/h3-6H,1-2H3,(H,17,18). The Balaban J connectivity index is 2.31. The lowest BCUT2D eigenvalue weighted by Gasteiger charge is -2.08. The molecule has 6 heteroatoms. The number of aromatic carboxylic acids is 1. The van der Waals surface area contributed by atoms with Gasteiger partial charge in [-0.1, -0.05) is 11.6 Å². The Morgan fingerprint density at radius 3 is 2.47 bits per heavy atom. The van der Waals surface area contributed by atoms with Gasteiger partial charge in [-0.2, -0.15) is 0 Å². The van der Waals surface area contributed by atoms with E-state index in [4.69, 9.17) is 21.4 Å². The summed E-state index contributed by atoms with van der Waals surface area (Å²) in [5.74, 6) is -0.487. The van der Waals surface area contributed by atoms with Gasteiger partial charge in [0.15, 0.2) is 5.69 Å². The van der Waals surface area contributed by atoms with Gasteiger partial charge in [0, 0.05) is 5.02 Å². The second kappa shape index (κ2) is 5.24. The average Bonchev–Trinajstić information content (AvgIpc) is 2.36. The van der Waals surface area contributed by atoms with Crippen LogP contribution in [0.5, 0.6) is 11.6 Å². The van der Waals surface area contributed by atoms with Gasteiger partial charge in [-0.3, -0.25) is 4.98 Å². The van der Waals surface area contributed by atoms with Crippen LogP contribution in [0.3, 0.4) is 0 Å². The van der Waals surface area contributed by atoms with Crippen LogP contribution in [0.1, 0.15) is 21.6 Å². The molecule has 0 amide bonds. The molecule has 0 aliphatic rings.